The van der Waals surface area contributed by atoms with Gasteiger partial charge in [-0.1, -0.05) is 6.07 Å². The highest BCUT2D eigenvalue weighted by Gasteiger charge is 2.51. The van der Waals surface area contributed by atoms with Crippen molar-refractivity contribution in [1.29, 1.82) is 0 Å². The van der Waals surface area contributed by atoms with Crippen molar-refractivity contribution in [2.45, 2.75) is 31.2 Å². The minimum absolute atomic E-state index is 0.185. The van der Waals surface area contributed by atoms with E-state index in [4.69, 9.17) is 9.84 Å². The highest BCUT2D eigenvalue weighted by atomic mass is 19.1. The minimum atomic E-state index is -1.04. The maximum Gasteiger partial charge on any atom is 0.329 e. The molecule has 0 bridgehead atoms. The molecule has 5 nitrogen and oxygen atoms in total. The Bertz CT molecular complexity index is 514. The predicted octanol–water partition coefficient (Wildman–Crippen LogP) is 1.72. The number of rotatable bonds is 7. The van der Waals surface area contributed by atoms with Crippen LogP contribution >= 0.6 is 0 Å². The lowest BCUT2D eigenvalue weighted by Gasteiger charge is -2.12. The Morgan fingerprint density at radius 3 is 2.75 bits per heavy atom. The fraction of sp³-hybridized carbons (Fsp3) is 0.429. The van der Waals surface area contributed by atoms with E-state index in [2.05, 4.69) is 5.32 Å². The van der Waals surface area contributed by atoms with Crippen molar-refractivity contribution in [3.63, 3.8) is 0 Å². The number of amides is 1. The first kappa shape index (κ1) is 14.3. The van der Waals surface area contributed by atoms with Crippen molar-refractivity contribution in [3.8, 4) is 5.75 Å². The van der Waals surface area contributed by atoms with Crippen molar-refractivity contribution in [2.75, 3.05) is 6.61 Å². The number of ether oxygens (including phenoxy) is 1. The van der Waals surface area contributed by atoms with E-state index in [0.29, 0.717) is 25.0 Å². The van der Waals surface area contributed by atoms with Crippen LogP contribution in [0.1, 0.15) is 25.7 Å². The van der Waals surface area contributed by atoms with Crippen LogP contribution < -0.4 is 10.1 Å². The number of benzene rings is 1. The van der Waals surface area contributed by atoms with Gasteiger partial charge in [-0.25, -0.2) is 9.18 Å². The van der Waals surface area contributed by atoms with Gasteiger partial charge in [0.25, 0.3) is 0 Å². The van der Waals surface area contributed by atoms with Crippen molar-refractivity contribution < 1.29 is 23.8 Å². The predicted molar refractivity (Wildman–Crippen MR) is 68.9 cm³/mol. The van der Waals surface area contributed by atoms with Gasteiger partial charge < -0.3 is 15.2 Å². The molecule has 1 aliphatic rings. The molecule has 0 heterocycles. The smallest absolute Gasteiger partial charge is 0.329 e. The number of carbonyl (C=O) groups excluding carboxylic acids is 1. The highest BCUT2D eigenvalue weighted by Crippen LogP contribution is 2.35. The van der Waals surface area contributed by atoms with Crippen LogP contribution in [0.4, 0.5) is 4.39 Å². The number of carboxylic acid groups (broad SMARTS) is 1. The van der Waals surface area contributed by atoms with Gasteiger partial charge in [-0.05, 0) is 31.4 Å². The maximum atomic E-state index is 12.9. The monoisotopic (exact) mass is 281 g/mol. The van der Waals surface area contributed by atoms with Gasteiger partial charge in [-0.3, -0.25) is 4.79 Å². The summed E-state index contributed by atoms with van der Waals surface area (Å²) in [6.07, 6.45) is 1.59. The van der Waals surface area contributed by atoms with Crippen LogP contribution in [0.5, 0.6) is 5.75 Å². The molecule has 0 unspecified atom stereocenters. The Labute approximate surface area is 115 Å². The summed E-state index contributed by atoms with van der Waals surface area (Å²) in [4.78, 5) is 22.5. The van der Waals surface area contributed by atoms with Crippen LogP contribution in [0.3, 0.4) is 0 Å². The molecule has 0 radical (unpaired) electrons. The van der Waals surface area contributed by atoms with Gasteiger partial charge in [0.1, 0.15) is 17.1 Å². The van der Waals surface area contributed by atoms with Crippen molar-refractivity contribution in [3.05, 3.63) is 30.1 Å². The van der Waals surface area contributed by atoms with Gasteiger partial charge in [0.15, 0.2) is 0 Å². The Hall–Kier alpha value is -2.11. The molecule has 1 aliphatic carbocycles. The molecule has 0 spiro atoms. The second kappa shape index (κ2) is 5.90. The fourth-order valence-electron chi connectivity index (χ4n) is 1.83. The average Bonchev–Trinajstić information content (AvgIpc) is 3.16. The van der Waals surface area contributed by atoms with Crippen molar-refractivity contribution >= 4 is 11.9 Å². The largest absolute Gasteiger partial charge is 0.493 e. The van der Waals surface area contributed by atoms with E-state index in [1.165, 1.54) is 12.1 Å². The lowest BCUT2D eigenvalue weighted by atomic mass is 10.2. The van der Waals surface area contributed by atoms with Gasteiger partial charge >= 0.3 is 5.97 Å². The zero-order valence-corrected chi connectivity index (χ0v) is 10.9. The average molecular weight is 281 g/mol. The van der Waals surface area contributed by atoms with Gasteiger partial charge in [-0.15, -0.1) is 0 Å². The molecule has 0 aliphatic heterocycles. The summed E-state index contributed by atoms with van der Waals surface area (Å²) in [5.41, 5.74) is -1.04. The molecule has 1 amide bonds. The minimum Gasteiger partial charge on any atom is -0.493 e. The van der Waals surface area contributed by atoms with E-state index in [0.717, 1.165) is 0 Å². The fourth-order valence-corrected chi connectivity index (χ4v) is 1.83. The van der Waals surface area contributed by atoms with E-state index in [1.54, 1.807) is 12.1 Å². The van der Waals surface area contributed by atoms with Crippen LogP contribution in [-0.4, -0.2) is 29.1 Å². The number of hydrogen-bond donors (Lipinski definition) is 2. The van der Waals surface area contributed by atoms with E-state index in [-0.39, 0.29) is 24.8 Å². The topological polar surface area (TPSA) is 75.6 Å². The molecule has 6 heteroatoms. The quantitative estimate of drug-likeness (QED) is 0.746. The first-order valence-electron chi connectivity index (χ1n) is 6.45. The zero-order valence-electron chi connectivity index (χ0n) is 10.9. The van der Waals surface area contributed by atoms with Crippen LogP contribution in [0.15, 0.2) is 24.3 Å². The van der Waals surface area contributed by atoms with Crippen molar-refractivity contribution in [2.24, 2.45) is 0 Å². The number of carboxylic acids is 1. The molecule has 20 heavy (non-hydrogen) atoms. The summed E-state index contributed by atoms with van der Waals surface area (Å²) in [7, 11) is 0. The number of aliphatic carboxylic acids is 1. The molecule has 0 saturated heterocycles. The summed E-state index contributed by atoms with van der Waals surface area (Å²) in [5.74, 6) is -1.25. The van der Waals surface area contributed by atoms with Gasteiger partial charge in [0.2, 0.25) is 5.91 Å². The normalized spacial score (nSPS) is 15.4. The molecule has 0 atom stereocenters. The van der Waals surface area contributed by atoms with Gasteiger partial charge in [-0.2, -0.15) is 0 Å². The number of hydrogen-bond acceptors (Lipinski definition) is 3. The third-order valence-corrected chi connectivity index (χ3v) is 3.15. The number of carbonyl (C=O) groups is 2. The molecule has 0 aromatic heterocycles. The first-order valence-corrected chi connectivity index (χ1v) is 6.45. The summed E-state index contributed by atoms with van der Waals surface area (Å²) >= 11 is 0. The SMILES string of the molecule is O=C(CCCOc1cccc(F)c1)NC1(C(=O)O)CC1. The van der Waals surface area contributed by atoms with E-state index in [9.17, 15) is 14.0 Å². The third-order valence-electron chi connectivity index (χ3n) is 3.15. The van der Waals surface area contributed by atoms with Crippen LogP contribution in [0, 0.1) is 5.82 Å². The molecule has 1 fully saturated rings. The molecular formula is C14H16FNO4. The van der Waals surface area contributed by atoms with E-state index >= 15 is 0 Å². The Balaban J connectivity index is 1.66. The summed E-state index contributed by atoms with van der Waals surface area (Å²) in [6, 6.07) is 5.76. The highest BCUT2D eigenvalue weighted by molar-refractivity contribution is 5.89. The number of nitrogens with one attached hydrogen (secondary N) is 1. The summed E-state index contributed by atoms with van der Waals surface area (Å²) in [6.45, 7) is 0.275. The summed E-state index contributed by atoms with van der Waals surface area (Å²) < 4.78 is 18.2. The first-order chi connectivity index (χ1) is 9.52. The Morgan fingerprint density at radius 1 is 1.40 bits per heavy atom. The van der Waals surface area contributed by atoms with Gasteiger partial charge in [0.05, 0.1) is 6.61 Å². The lowest BCUT2D eigenvalue weighted by Crippen LogP contribution is -2.43. The third kappa shape index (κ3) is 3.69. The van der Waals surface area contributed by atoms with Crippen molar-refractivity contribution in [1.82, 2.24) is 5.32 Å². The number of halogens is 1. The molecule has 2 N–H and O–H groups in total. The maximum absolute atomic E-state index is 12.9. The second-order valence-corrected chi connectivity index (χ2v) is 4.84. The second-order valence-electron chi connectivity index (χ2n) is 4.84. The van der Waals surface area contributed by atoms with Crippen LogP contribution in [-0.2, 0) is 9.59 Å². The zero-order chi connectivity index (χ0) is 14.6. The van der Waals surface area contributed by atoms with E-state index in [1.807, 2.05) is 0 Å². The molecule has 1 saturated carbocycles. The van der Waals surface area contributed by atoms with Gasteiger partial charge in [0, 0.05) is 12.5 Å². The van der Waals surface area contributed by atoms with Crippen LogP contribution in [0.2, 0.25) is 0 Å². The van der Waals surface area contributed by atoms with Crippen LogP contribution in [0.25, 0.3) is 0 Å². The molecule has 2 rings (SSSR count). The molecule has 1 aromatic carbocycles. The lowest BCUT2D eigenvalue weighted by molar-refractivity contribution is -0.143. The molecule has 108 valence electrons. The standard InChI is InChI=1S/C14H16FNO4/c15-10-3-1-4-11(9-10)20-8-2-5-12(17)16-14(6-7-14)13(18)19/h1,3-4,9H,2,5-8H2,(H,16,17)(H,18,19). The molecule has 1 aromatic rings. The summed E-state index contributed by atoms with van der Waals surface area (Å²) in [5, 5.41) is 11.4. The Kier molecular flexibility index (Phi) is 4.22. The van der Waals surface area contributed by atoms with E-state index < -0.39 is 11.5 Å². The molecular weight excluding hydrogens is 265 g/mol. The Morgan fingerprint density at radius 2 is 2.15 bits per heavy atom.